The highest BCUT2D eigenvalue weighted by Crippen LogP contribution is 2.09. The van der Waals surface area contributed by atoms with Crippen LogP contribution in [0.25, 0.3) is 0 Å². The van der Waals surface area contributed by atoms with Crippen LogP contribution in [0.5, 0.6) is 0 Å². The Hall–Kier alpha value is -1.90. The van der Waals surface area contributed by atoms with Gasteiger partial charge in [0.15, 0.2) is 5.43 Å². The molecule has 0 aliphatic carbocycles. The summed E-state index contributed by atoms with van der Waals surface area (Å²) in [6, 6.07) is 11.9. The van der Waals surface area contributed by atoms with Crippen molar-refractivity contribution in [1.29, 1.82) is 0 Å². The zero-order valence-electron chi connectivity index (χ0n) is 13.1. The molecule has 0 aliphatic heterocycles. The van der Waals surface area contributed by atoms with E-state index in [1.165, 1.54) is 5.56 Å². The van der Waals surface area contributed by atoms with E-state index < -0.39 is 0 Å². The molecule has 0 saturated heterocycles. The smallest absolute Gasteiger partial charge is 0.220 e. The van der Waals surface area contributed by atoms with Crippen LogP contribution < -0.4 is 10.7 Å². The first-order chi connectivity index (χ1) is 10.8. The molecule has 0 atom stereocenters. The largest absolute Gasteiger partial charge is 0.356 e. The second kappa shape index (κ2) is 9.19. The van der Waals surface area contributed by atoms with Crippen molar-refractivity contribution in [2.24, 2.45) is 0 Å². The molecule has 118 valence electrons. The fourth-order valence-electron chi connectivity index (χ4n) is 2.53. The maximum atomic E-state index is 11.7. The lowest BCUT2D eigenvalue weighted by Crippen LogP contribution is -2.25. The average molecular weight is 299 g/mol. The van der Waals surface area contributed by atoms with Gasteiger partial charge < -0.3 is 5.32 Å². The van der Waals surface area contributed by atoms with E-state index in [0.717, 1.165) is 50.5 Å². The molecule has 2 aromatic carbocycles. The van der Waals surface area contributed by atoms with Crippen LogP contribution in [0.1, 0.15) is 49.7 Å². The van der Waals surface area contributed by atoms with Gasteiger partial charge in [-0.2, -0.15) is 0 Å². The van der Waals surface area contributed by atoms with E-state index in [2.05, 4.69) is 17.4 Å². The van der Waals surface area contributed by atoms with Crippen LogP contribution in [-0.4, -0.2) is 12.5 Å². The van der Waals surface area contributed by atoms with Crippen LogP contribution in [0.15, 0.2) is 41.2 Å². The van der Waals surface area contributed by atoms with Gasteiger partial charge >= 0.3 is 0 Å². The van der Waals surface area contributed by atoms with Crippen molar-refractivity contribution < 1.29 is 4.79 Å². The summed E-state index contributed by atoms with van der Waals surface area (Å²) in [5.41, 5.74) is 2.51. The van der Waals surface area contributed by atoms with Crippen molar-refractivity contribution in [2.75, 3.05) is 6.54 Å². The predicted molar refractivity (Wildman–Crippen MR) is 89.6 cm³/mol. The van der Waals surface area contributed by atoms with Crippen LogP contribution >= 0.6 is 0 Å². The molecular weight excluding hydrogens is 274 g/mol. The first kappa shape index (κ1) is 16.5. The van der Waals surface area contributed by atoms with Crippen molar-refractivity contribution in [3.63, 3.8) is 0 Å². The van der Waals surface area contributed by atoms with E-state index in [9.17, 15) is 9.59 Å². The lowest BCUT2D eigenvalue weighted by molar-refractivity contribution is -0.121. The van der Waals surface area contributed by atoms with Gasteiger partial charge in [-0.25, -0.2) is 0 Å². The van der Waals surface area contributed by atoms with Crippen LogP contribution in [0, 0.1) is 0 Å². The molecule has 1 N–H and O–H groups in total. The number of carbonyl (C=O) groups excluding carboxylic acids is 1. The standard InChI is InChI=1S/C19H25NO2/c21-18-15-17(18)11-7-2-1-3-8-12-19(22)20-14-13-16-9-5-4-6-10-16/h4-6,9-10,15H,1-3,7-8,11-14H2,(H,20,22). The van der Waals surface area contributed by atoms with E-state index in [-0.39, 0.29) is 11.3 Å². The molecule has 0 radical (unpaired) electrons. The molecule has 0 aromatic heterocycles. The number of hydrogen-bond donors (Lipinski definition) is 1. The molecule has 1 amide bonds. The zero-order valence-corrected chi connectivity index (χ0v) is 13.1. The summed E-state index contributed by atoms with van der Waals surface area (Å²) in [7, 11) is 0. The Morgan fingerprint density at radius 2 is 1.59 bits per heavy atom. The summed E-state index contributed by atoms with van der Waals surface area (Å²) in [6.45, 7) is 0.714. The topological polar surface area (TPSA) is 46.2 Å². The summed E-state index contributed by atoms with van der Waals surface area (Å²) in [5.74, 6) is 0.157. The number of amides is 1. The Kier molecular flexibility index (Phi) is 6.88. The lowest BCUT2D eigenvalue weighted by atomic mass is 10.1. The highest BCUT2D eigenvalue weighted by atomic mass is 16.1. The molecule has 0 unspecified atom stereocenters. The number of nitrogens with one attached hydrogen (secondary N) is 1. The lowest BCUT2D eigenvalue weighted by Gasteiger charge is -2.05. The highest BCUT2D eigenvalue weighted by molar-refractivity contribution is 5.75. The molecular formula is C19H25NO2. The Balaban J connectivity index is 1.40. The number of hydrogen-bond acceptors (Lipinski definition) is 2. The third-order valence-electron chi connectivity index (χ3n) is 3.97. The van der Waals surface area contributed by atoms with E-state index >= 15 is 0 Å². The van der Waals surface area contributed by atoms with Gasteiger partial charge in [0.2, 0.25) is 5.91 Å². The SMILES string of the molecule is O=C(CCCCCCCc1cc1=O)NCCc1ccccc1. The highest BCUT2D eigenvalue weighted by Gasteiger charge is 2.06. The number of carbonyl (C=O) groups is 1. The summed E-state index contributed by atoms with van der Waals surface area (Å²) in [5, 5.41) is 2.98. The third-order valence-corrected chi connectivity index (χ3v) is 3.97. The fraction of sp³-hybridized carbons (Fsp3) is 0.474. The van der Waals surface area contributed by atoms with Crippen molar-refractivity contribution >= 4 is 5.91 Å². The van der Waals surface area contributed by atoms with Crippen LogP contribution in [0.2, 0.25) is 0 Å². The van der Waals surface area contributed by atoms with Crippen LogP contribution in [-0.2, 0) is 17.6 Å². The van der Waals surface area contributed by atoms with Crippen LogP contribution in [0.3, 0.4) is 0 Å². The van der Waals surface area contributed by atoms with Gasteiger partial charge in [0.1, 0.15) is 0 Å². The minimum atomic E-state index is 0.157. The average Bonchev–Trinajstić information content (AvgIpc) is 3.23. The van der Waals surface area contributed by atoms with Gasteiger partial charge in [-0.3, -0.25) is 9.59 Å². The summed E-state index contributed by atoms with van der Waals surface area (Å²) >= 11 is 0. The number of aryl methyl sites for hydroxylation is 1. The second-order valence-electron chi connectivity index (χ2n) is 5.89. The third kappa shape index (κ3) is 6.70. The molecule has 0 saturated carbocycles. The number of unbranched alkanes of at least 4 members (excludes halogenated alkanes) is 4. The number of rotatable bonds is 11. The zero-order chi connectivity index (χ0) is 15.6. The summed E-state index contributed by atoms with van der Waals surface area (Å²) in [6.07, 6.45) is 7.91. The van der Waals surface area contributed by atoms with Crippen molar-refractivity contribution in [3.05, 3.63) is 57.7 Å². The van der Waals surface area contributed by atoms with Crippen molar-refractivity contribution in [3.8, 4) is 0 Å². The molecule has 0 bridgehead atoms. The minimum absolute atomic E-state index is 0.157. The monoisotopic (exact) mass is 299 g/mol. The molecule has 3 nitrogen and oxygen atoms in total. The van der Waals surface area contributed by atoms with E-state index in [0.29, 0.717) is 13.0 Å². The molecule has 3 heteroatoms. The fourth-order valence-corrected chi connectivity index (χ4v) is 2.53. The van der Waals surface area contributed by atoms with Crippen LogP contribution in [0.4, 0.5) is 0 Å². The van der Waals surface area contributed by atoms with Gasteiger partial charge in [0, 0.05) is 18.5 Å². The van der Waals surface area contributed by atoms with E-state index in [4.69, 9.17) is 0 Å². The van der Waals surface area contributed by atoms with Gasteiger partial charge in [-0.15, -0.1) is 0 Å². The second-order valence-corrected chi connectivity index (χ2v) is 5.89. The minimum Gasteiger partial charge on any atom is -0.356 e. The molecule has 2 aromatic rings. The van der Waals surface area contributed by atoms with Gasteiger partial charge in [-0.05, 0) is 37.3 Å². The molecule has 0 aliphatic rings. The van der Waals surface area contributed by atoms with Gasteiger partial charge in [-0.1, -0.05) is 49.6 Å². The van der Waals surface area contributed by atoms with Crippen molar-refractivity contribution in [1.82, 2.24) is 5.32 Å². The number of benzene rings is 1. The maximum absolute atomic E-state index is 11.7. The Morgan fingerprint density at radius 3 is 2.32 bits per heavy atom. The Labute approximate surface area is 132 Å². The summed E-state index contributed by atoms with van der Waals surface area (Å²) < 4.78 is 0. The molecule has 22 heavy (non-hydrogen) atoms. The van der Waals surface area contributed by atoms with Crippen molar-refractivity contribution in [2.45, 2.75) is 51.4 Å². The van der Waals surface area contributed by atoms with E-state index in [1.54, 1.807) is 6.07 Å². The summed E-state index contributed by atoms with van der Waals surface area (Å²) in [4.78, 5) is 22.5. The molecule has 0 fully saturated rings. The molecule has 2 rings (SSSR count). The Bertz CT molecular complexity index is 567. The maximum Gasteiger partial charge on any atom is 0.220 e. The Morgan fingerprint density at radius 1 is 0.909 bits per heavy atom. The molecule has 0 heterocycles. The normalized spacial score (nSPS) is 10.9. The van der Waals surface area contributed by atoms with Gasteiger partial charge in [0.25, 0.3) is 0 Å². The van der Waals surface area contributed by atoms with E-state index in [1.807, 2.05) is 18.2 Å². The first-order valence-corrected chi connectivity index (χ1v) is 8.31. The first-order valence-electron chi connectivity index (χ1n) is 8.31. The predicted octanol–water partition coefficient (Wildman–Crippen LogP) is 3.16. The van der Waals surface area contributed by atoms with Gasteiger partial charge in [0.05, 0.1) is 0 Å². The molecule has 0 spiro atoms. The quantitative estimate of drug-likeness (QED) is 0.648.